The SMILES string of the molecule is O=C(COc1ccccc1Cl)N/N=C/c1ccc(OCC(=O)N2CCOCC2)c(Br)c1. The van der Waals surface area contributed by atoms with Crippen molar-refractivity contribution in [2.45, 2.75) is 0 Å². The van der Waals surface area contributed by atoms with E-state index in [4.69, 9.17) is 25.8 Å². The number of carbonyl (C=O) groups excluding carboxylic acids is 2. The van der Waals surface area contributed by atoms with E-state index in [9.17, 15) is 9.59 Å². The second kappa shape index (κ2) is 11.7. The molecule has 1 fully saturated rings. The molecule has 0 unspecified atom stereocenters. The van der Waals surface area contributed by atoms with E-state index in [0.29, 0.717) is 47.3 Å². The maximum atomic E-state index is 12.2. The normalized spacial score (nSPS) is 13.8. The van der Waals surface area contributed by atoms with Crippen LogP contribution < -0.4 is 14.9 Å². The highest BCUT2D eigenvalue weighted by molar-refractivity contribution is 9.10. The number of morpholine rings is 1. The number of para-hydroxylation sites is 1. The summed E-state index contributed by atoms with van der Waals surface area (Å²) in [4.78, 5) is 25.7. The Balaban J connectivity index is 1.44. The summed E-state index contributed by atoms with van der Waals surface area (Å²) in [6, 6.07) is 12.1. The highest BCUT2D eigenvalue weighted by Gasteiger charge is 2.17. The van der Waals surface area contributed by atoms with Gasteiger partial charge in [-0.3, -0.25) is 9.59 Å². The summed E-state index contributed by atoms with van der Waals surface area (Å²) in [5, 5.41) is 4.34. The van der Waals surface area contributed by atoms with Crippen molar-refractivity contribution >= 4 is 45.6 Å². The van der Waals surface area contributed by atoms with Crippen LogP contribution >= 0.6 is 27.5 Å². The van der Waals surface area contributed by atoms with Gasteiger partial charge in [0.1, 0.15) is 11.5 Å². The van der Waals surface area contributed by atoms with Crippen molar-refractivity contribution in [2.24, 2.45) is 5.10 Å². The van der Waals surface area contributed by atoms with Crippen molar-refractivity contribution in [2.75, 3.05) is 39.5 Å². The molecule has 0 atom stereocenters. The van der Waals surface area contributed by atoms with E-state index in [1.807, 2.05) is 0 Å². The van der Waals surface area contributed by atoms with E-state index in [1.54, 1.807) is 47.4 Å². The third kappa shape index (κ3) is 7.23. The molecule has 2 amide bonds. The van der Waals surface area contributed by atoms with E-state index in [1.165, 1.54) is 6.21 Å². The van der Waals surface area contributed by atoms with Gasteiger partial charge in [-0.15, -0.1) is 0 Å². The van der Waals surface area contributed by atoms with Gasteiger partial charge >= 0.3 is 0 Å². The van der Waals surface area contributed by atoms with Crippen molar-refractivity contribution in [3.05, 3.63) is 57.5 Å². The largest absolute Gasteiger partial charge is 0.483 e. The van der Waals surface area contributed by atoms with E-state index < -0.39 is 5.91 Å². The van der Waals surface area contributed by atoms with Crippen LogP contribution in [0.4, 0.5) is 0 Å². The van der Waals surface area contributed by atoms with Gasteiger partial charge in [0, 0.05) is 13.1 Å². The third-order valence-corrected chi connectivity index (χ3v) is 5.20. The first-order valence-corrected chi connectivity index (χ1v) is 10.7. The Morgan fingerprint density at radius 2 is 1.87 bits per heavy atom. The average molecular weight is 511 g/mol. The van der Waals surface area contributed by atoms with E-state index in [2.05, 4.69) is 26.5 Å². The number of nitrogens with one attached hydrogen (secondary N) is 1. The lowest BCUT2D eigenvalue weighted by Gasteiger charge is -2.26. The highest BCUT2D eigenvalue weighted by atomic mass is 79.9. The Morgan fingerprint density at radius 1 is 1.13 bits per heavy atom. The molecule has 2 aromatic carbocycles. The monoisotopic (exact) mass is 509 g/mol. The molecule has 1 aliphatic rings. The van der Waals surface area contributed by atoms with Crippen molar-refractivity contribution in [1.82, 2.24) is 10.3 Å². The third-order valence-electron chi connectivity index (χ3n) is 4.27. The molecule has 31 heavy (non-hydrogen) atoms. The molecule has 10 heteroatoms. The lowest BCUT2D eigenvalue weighted by Crippen LogP contribution is -2.43. The van der Waals surface area contributed by atoms with Gasteiger partial charge in [0.2, 0.25) is 0 Å². The molecule has 0 saturated carbocycles. The molecular formula is C21H21BrClN3O5. The van der Waals surface area contributed by atoms with Crippen LogP contribution in [0.2, 0.25) is 5.02 Å². The summed E-state index contributed by atoms with van der Waals surface area (Å²) < 4.78 is 16.9. The standard InChI is InChI=1S/C21H21BrClN3O5/c22-16-11-15(5-6-18(16)31-14-21(28)26-7-9-29-10-8-26)12-24-25-20(27)13-30-19-4-2-1-3-17(19)23/h1-6,11-12H,7-10,13-14H2,(H,25,27)/b24-12+. The Kier molecular flexibility index (Phi) is 8.69. The lowest BCUT2D eigenvalue weighted by molar-refractivity contribution is -0.137. The summed E-state index contributed by atoms with van der Waals surface area (Å²) in [5.41, 5.74) is 3.11. The van der Waals surface area contributed by atoms with E-state index in [0.717, 1.165) is 5.56 Å². The van der Waals surface area contributed by atoms with Crippen LogP contribution in [0.3, 0.4) is 0 Å². The van der Waals surface area contributed by atoms with Crippen molar-refractivity contribution in [1.29, 1.82) is 0 Å². The lowest BCUT2D eigenvalue weighted by atomic mass is 10.2. The quantitative estimate of drug-likeness (QED) is 0.436. The average Bonchev–Trinajstić information content (AvgIpc) is 2.78. The number of rotatable bonds is 8. The van der Waals surface area contributed by atoms with Crippen LogP contribution in [-0.2, 0) is 14.3 Å². The number of ether oxygens (including phenoxy) is 3. The summed E-state index contributed by atoms with van der Waals surface area (Å²) in [5.74, 6) is 0.463. The fraction of sp³-hybridized carbons (Fsp3) is 0.286. The minimum Gasteiger partial charge on any atom is -0.483 e. The molecule has 0 aliphatic carbocycles. The first-order valence-electron chi connectivity index (χ1n) is 9.50. The van der Waals surface area contributed by atoms with Crippen molar-refractivity contribution < 1.29 is 23.8 Å². The Morgan fingerprint density at radius 3 is 2.61 bits per heavy atom. The summed E-state index contributed by atoms with van der Waals surface area (Å²) in [7, 11) is 0. The van der Waals surface area contributed by atoms with E-state index in [-0.39, 0.29) is 19.1 Å². The van der Waals surface area contributed by atoms with Gasteiger partial charge in [0.25, 0.3) is 11.8 Å². The number of hydrazone groups is 1. The molecule has 8 nitrogen and oxygen atoms in total. The number of nitrogens with zero attached hydrogens (tertiary/aromatic N) is 2. The first-order chi connectivity index (χ1) is 15.0. The zero-order chi connectivity index (χ0) is 22.1. The Bertz CT molecular complexity index is 950. The minimum atomic E-state index is -0.420. The van der Waals surface area contributed by atoms with Gasteiger partial charge in [-0.25, -0.2) is 5.43 Å². The van der Waals surface area contributed by atoms with Crippen LogP contribution in [0.1, 0.15) is 5.56 Å². The predicted molar refractivity (Wildman–Crippen MR) is 120 cm³/mol. The van der Waals surface area contributed by atoms with Crippen LogP contribution in [0.5, 0.6) is 11.5 Å². The number of hydrogen-bond acceptors (Lipinski definition) is 6. The molecule has 1 aliphatic heterocycles. The molecule has 1 N–H and O–H groups in total. The van der Waals surface area contributed by atoms with E-state index >= 15 is 0 Å². The van der Waals surface area contributed by atoms with Gasteiger partial charge in [-0.05, 0) is 51.8 Å². The fourth-order valence-electron chi connectivity index (χ4n) is 2.67. The second-order valence-electron chi connectivity index (χ2n) is 6.48. The molecule has 2 aromatic rings. The predicted octanol–water partition coefficient (Wildman–Crippen LogP) is 2.87. The second-order valence-corrected chi connectivity index (χ2v) is 7.75. The molecule has 0 aromatic heterocycles. The van der Waals surface area contributed by atoms with Gasteiger partial charge in [-0.2, -0.15) is 5.10 Å². The maximum Gasteiger partial charge on any atom is 0.277 e. The van der Waals surface area contributed by atoms with Crippen LogP contribution in [0.25, 0.3) is 0 Å². The molecule has 1 heterocycles. The molecule has 164 valence electrons. The number of halogens is 2. The van der Waals surface area contributed by atoms with Crippen LogP contribution in [0, 0.1) is 0 Å². The fourth-order valence-corrected chi connectivity index (χ4v) is 3.38. The zero-order valence-electron chi connectivity index (χ0n) is 16.6. The zero-order valence-corrected chi connectivity index (χ0v) is 18.9. The van der Waals surface area contributed by atoms with Gasteiger partial charge in [-0.1, -0.05) is 23.7 Å². The molecule has 0 bridgehead atoms. The molecular weight excluding hydrogens is 490 g/mol. The Hall–Kier alpha value is -2.62. The summed E-state index contributed by atoms with van der Waals surface area (Å²) in [6.45, 7) is 1.99. The molecule has 0 radical (unpaired) electrons. The molecule has 0 spiro atoms. The number of hydrogen-bond donors (Lipinski definition) is 1. The number of carbonyl (C=O) groups is 2. The Labute approximate surface area is 193 Å². The molecule has 3 rings (SSSR count). The first kappa shape index (κ1) is 23.1. The van der Waals surface area contributed by atoms with Gasteiger partial charge < -0.3 is 19.1 Å². The number of amides is 2. The summed E-state index contributed by atoms with van der Waals surface area (Å²) >= 11 is 9.39. The van der Waals surface area contributed by atoms with Crippen molar-refractivity contribution in [3.8, 4) is 11.5 Å². The van der Waals surface area contributed by atoms with Crippen molar-refractivity contribution in [3.63, 3.8) is 0 Å². The minimum absolute atomic E-state index is 0.0481. The summed E-state index contributed by atoms with van der Waals surface area (Å²) in [6.07, 6.45) is 1.49. The topological polar surface area (TPSA) is 89.5 Å². The highest BCUT2D eigenvalue weighted by Crippen LogP contribution is 2.25. The maximum absolute atomic E-state index is 12.2. The molecule has 1 saturated heterocycles. The number of benzene rings is 2. The van der Waals surface area contributed by atoms with Gasteiger partial charge in [0.15, 0.2) is 13.2 Å². The van der Waals surface area contributed by atoms with Crippen LogP contribution in [0.15, 0.2) is 52.0 Å². The smallest absolute Gasteiger partial charge is 0.277 e. The van der Waals surface area contributed by atoms with Crippen LogP contribution in [-0.4, -0.2) is 62.4 Å². The van der Waals surface area contributed by atoms with Gasteiger partial charge in [0.05, 0.1) is 28.9 Å².